The number of terminal acetylenes is 1. The summed E-state index contributed by atoms with van der Waals surface area (Å²) >= 11 is 0. The van der Waals surface area contributed by atoms with Crippen LogP contribution in [0.2, 0.25) is 0 Å². The van der Waals surface area contributed by atoms with Gasteiger partial charge in [-0.15, -0.1) is 6.42 Å². The molecule has 1 aliphatic heterocycles. The summed E-state index contributed by atoms with van der Waals surface area (Å²) in [6.07, 6.45) is 4.69. The first-order chi connectivity index (χ1) is 9.70. The molecular weight excluding hydrogens is 261 g/mol. The smallest absolute Gasteiger partial charge is 0.255 e. The first-order valence-electron chi connectivity index (χ1n) is 6.36. The van der Waals surface area contributed by atoms with E-state index in [2.05, 4.69) is 5.92 Å². The highest BCUT2D eigenvalue weighted by molar-refractivity contribution is 5.81. The number of nitrogens with zero attached hydrogens (tertiary/aromatic N) is 1. The number of ether oxygens (including phenoxy) is 2. The standard InChI is InChI=1S/C15H16FNO3/c1-2-7-17(10-12-3-5-13(16)6-4-12)15(18)14-11-19-8-9-20-14/h1,3-6,14H,7-11H2. The van der Waals surface area contributed by atoms with Crippen LogP contribution in [-0.2, 0) is 20.8 Å². The van der Waals surface area contributed by atoms with Crippen LogP contribution in [0.3, 0.4) is 0 Å². The summed E-state index contributed by atoms with van der Waals surface area (Å²) in [6.45, 7) is 1.64. The molecule has 5 heteroatoms. The van der Waals surface area contributed by atoms with E-state index in [4.69, 9.17) is 15.9 Å². The van der Waals surface area contributed by atoms with Crippen molar-refractivity contribution in [2.75, 3.05) is 26.4 Å². The summed E-state index contributed by atoms with van der Waals surface area (Å²) in [5.41, 5.74) is 0.812. The zero-order valence-corrected chi connectivity index (χ0v) is 11.0. The molecule has 1 saturated heterocycles. The van der Waals surface area contributed by atoms with E-state index in [9.17, 15) is 9.18 Å². The van der Waals surface area contributed by atoms with Crippen LogP contribution in [0.4, 0.5) is 4.39 Å². The molecule has 0 aromatic heterocycles. The maximum absolute atomic E-state index is 12.9. The van der Waals surface area contributed by atoms with Crippen LogP contribution in [0.1, 0.15) is 5.56 Å². The van der Waals surface area contributed by atoms with Gasteiger partial charge in [-0.1, -0.05) is 18.1 Å². The van der Waals surface area contributed by atoms with Crippen LogP contribution in [0.25, 0.3) is 0 Å². The molecule has 1 heterocycles. The van der Waals surface area contributed by atoms with Crippen molar-refractivity contribution in [2.24, 2.45) is 0 Å². The lowest BCUT2D eigenvalue weighted by atomic mass is 10.2. The van der Waals surface area contributed by atoms with Crippen LogP contribution in [0, 0.1) is 18.2 Å². The SMILES string of the molecule is C#CCN(Cc1ccc(F)cc1)C(=O)C1COCCO1. The second kappa shape index (κ2) is 7.04. The molecule has 2 rings (SSSR count). The Morgan fingerprint density at radius 1 is 1.40 bits per heavy atom. The van der Waals surface area contributed by atoms with Gasteiger partial charge in [0.05, 0.1) is 26.4 Å². The Morgan fingerprint density at radius 2 is 2.15 bits per heavy atom. The molecule has 0 bridgehead atoms. The average Bonchev–Trinajstić information content (AvgIpc) is 2.49. The fraction of sp³-hybridized carbons (Fsp3) is 0.400. The molecule has 1 amide bonds. The van der Waals surface area contributed by atoms with Crippen molar-refractivity contribution in [3.05, 3.63) is 35.6 Å². The lowest BCUT2D eigenvalue weighted by Gasteiger charge is -2.28. The molecule has 20 heavy (non-hydrogen) atoms. The summed E-state index contributed by atoms with van der Waals surface area (Å²) < 4.78 is 23.5. The molecule has 1 aromatic carbocycles. The lowest BCUT2D eigenvalue weighted by Crippen LogP contribution is -2.45. The van der Waals surface area contributed by atoms with E-state index in [-0.39, 0.29) is 24.9 Å². The normalized spacial score (nSPS) is 18.3. The van der Waals surface area contributed by atoms with E-state index in [1.165, 1.54) is 17.0 Å². The summed E-state index contributed by atoms with van der Waals surface area (Å²) in [4.78, 5) is 13.8. The minimum Gasteiger partial charge on any atom is -0.376 e. The van der Waals surface area contributed by atoms with Gasteiger partial charge in [0.25, 0.3) is 5.91 Å². The monoisotopic (exact) mass is 277 g/mol. The average molecular weight is 277 g/mol. The van der Waals surface area contributed by atoms with Crippen LogP contribution in [0.5, 0.6) is 0 Å². The summed E-state index contributed by atoms with van der Waals surface area (Å²) in [7, 11) is 0. The first kappa shape index (κ1) is 14.5. The van der Waals surface area contributed by atoms with Crippen LogP contribution in [-0.4, -0.2) is 43.3 Å². The molecule has 1 aliphatic rings. The predicted molar refractivity (Wildman–Crippen MR) is 71.2 cm³/mol. The molecular formula is C15H16FNO3. The van der Waals surface area contributed by atoms with E-state index in [0.717, 1.165) is 5.56 Å². The third-order valence-electron chi connectivity index (χ3n) is 2.97. The fourth-order valence-corrected chi connectivity index (χ4v) is 1.97. The number of hydrogen-bond donors (Lipinski definition) is 0. The summed E-state index contributed by atoms with van der Waals surface area (Å²) in [5, 5.41) is 0. The molecule has 1 fully saturated rings. The van der Waals surface area contributed by atoms with E-state index in [0.29, 0.717) is 19.8 Å². The minimum atomic E-state index is -0.613. The Bertz CT molecular complexity index is 489. The zero-order chi connectivity index (χ0) is 14.4. The Morgan fingerprint density at radius 3 is 2.75 bits per heavy atom. The van der Waals surface area contributed by atoms with Gasteiger partial charge in [0.15, 0.2) is 6.10 Å². The van der Waals surface area contributed by atoms with Crippen LogP contribution in [0.15, 0.2) is 24.3 Å². The van der Waals surface area contributed by atoms with Crippen molar-refractivity contribution >= 4 is 5.91 Å². The Labute approximate surface area is 117 Å². The molecule has 4 nitrogen and oxygen atoms in total. The van der Waals surface area contributed by atoms with Gasteiger partial charge in [0, 0.05) is 6.54 Å². The van der Waals surface area contributed by atoms with Gasteiger partial charge in [-0.2, -0.15) is 0 Å². The second-order valence-electron chi connectivity index (χ2n) is 4.46. The third-order valence-corrected chi connectivity index (χ3v) is 2.97. The number of amides is 1. The summed E-state index contributed by atoms with van der Waals surface area (Å²) in [5.74, 6) is 1.94. The topological polar surface area (TPSA) is 38.8 Å². The maximum Gasteiger partial charge on any atom is 0.255 e. The minimum absolute atomic E-state index is 0.177. The van der Waals surface area contributed by atoms with Gasteiger partial charge in [-0.25, -0.2) is 4.39 Å². The Kier molecular flexibility index (Phi) is 5.10. The highest BCUT2D eigenvalue weighted by Crippen LogP contribution is 2.11. The molecule has 1 aromatic rings. The molecule has 0 N–H and O–H groups in total. The number of rotatable bonds is 4. The molecule has 0 spiro atoms. The number of carbonyl (C=O) groups is 1. The third kappa shape index (κ3) is 3.80. The largest absolute Gasteiger partial charge is 0.376 e. The van der Waals surface area contributed by atoms with Crippen LogP contribution >= 0.6 is 0 Å². The van der Waals surface area contributed by atoms with Gasteiger partial charge in [0.1, 0.15) is 5.82 Å². The second-order valence-corrected chi connectivity index (χ2v) is 4.46. The molecule has 0 radical (unpaired) electrons. The molecule has 1 atom stereocenters. The summed E-state index contributed by atoms with van der Waals surface area (Å²) in [6, 6.07) is 5.97. The Hall–Kier alpha value is -1.90. The highest BCUT2D eigenvalue weighted by atomic mass is 19.1. The van der Waals surface area contributed by atoms with Gasteiger partial charge in [0.2, 0.25) is 0 Å². The number of halogens is 1. The molecule has 1 unspecified atom stereocenters. The number of hydrogen-bond acceptors (Lipinski definition) is 3. The number of carbonyl (C=O) groups excluding carboxylic acids is 1. The fourth-order valence-electron chi connectivity index (χ4n) is 1.97. The maximum atomic E-state index is 12.9. The van der Waals surface area contributed by atoms with E-state index in [1.807, 2.05) is 0 Å². The van der Waals surface area contributed by atoms with Crippen molar-refractivity contribution < 1.29 is 18.7 Å². The quantitative estimate of drug-likeness (QED) is 0.776. The van der Waals surface area contributed by atoms with Gasteiger partial charge in [-0.3, -0.25) is 4.79 Å². The lowest BCUT2D eigenvalue weighted by molar-refractivity contribution is -0.157. The molecule has 106 valence electrons. The predicted octanol–water partition coefficient (Wildman–Crippen LogP) is 1.20. The zero-order valence-electron chi connectivity index (χ0n) is 11.0. The molecule has 0 saturated carbocycles. The van der Waals surface area contributed by atoms with E-state index >= 15 is 0 Å². The highest BCUT2D eigenvalue weighted by Gasteiger charge is 2.27. The van der Waals surface area contributed by atoms with Crippen molar-refractivity contribution in [1.82, 2.24) is 4.90 Å². The molecule has 0 aliphatic carbocycles. The van der Waals surface area contributed by atoms with Gasteiger partial charge < -0.3 is 14.4 Å². The van der Waals surface area contributed by atoms with Crippen molar-refractivity contribution in [2.45, 2.75) is 12.6 Å². The van der Waals surface area contributed by atoms with E-state index in [1.54, 1.807) is 12.1 Å². The van der Waals surface area contributed by atoms with Gasteiger partial charge >= 0.3 is 0 Å². The van der Waals surface area contributed by atoms with Crippen molar-refractivity contribution in [1.29, 1.82) is 0 Å². The first-order valence-corrected chi connectivity index (χ1v) is 6.36. The van der Waals surface area contributed by atoms with Crippen LogP contribution < -0.4 is 0 Å². The number of benzene rings is 1. The van der Waals surface area contributed by atoms with Gasteiger partial charge in [-0.05, 0) is 17.7 Å². The van der Waals surface area contributed by atoms with Crippen molar-refractivity contribution in [3.63, 3.8) is 0 Å². The van der Waals surface area contributed by atoms with Crippen molar-refractivity contribution in [3.8, 4) is 12.3 Å². The Balaban J connectivity index is 2.04. The van der Waals surface area contributed by atoms with E-state index < -0.39 is 6.10 Å².